The maximum absolute atomic E-state index is 5.05. The summed E-state index contributed by atoms with van der Waals surface area (Å²) in [6.45, 7) is 1.98. The smallest absolute Gasteiger partial charge is 0.227 e. The molecule has 0 radical (unpaired) electrons. The molecule has 1 aromatic carbocycles. The first-order chi connectivity index (χ1) is 10.7. The number of nitrogens with one attached hydrogen (secondary N) is 2. The minimum atomic E-state index is 0.520. The van der Waals surface area contributed by atoms with Crippen LogP contribution in [0.15, 0.2) is 36.7 Å². The van der Waals surface area contributed by atoms with Gasteiger partial charge in [-0.05, 0) is 31.2 Å². The summed E-state index contributed by atoms with van der Waals surface area (Å²) in [5, 5.41) is 7.43. The Morgan fingerprint density at radius 2 is 1.86 bits per heavy atom. The van der Waals surface area contributed by atoms with Gasteiger partial charge in [-0.25, -0.2) is 9.97 Å². The van der Waals surface area contributed by atoms with Gasteiger partial charge < -0.3 is 15.4 Å². The Morgan fingerprint density at radius 3 is 2.55 bits per heavy atom. The molecule has 0 aliphatic rings. The molecule has 2 N–H and O–H groups in total. The number of anilines is 3. The third-order valence-corrected chi connectivity index (χ3v) is 3.33. The van der Waals surface area contributed by atoms with Gasteiger partial charge in [0.15, 0.2) is 5.75 Å². The Balaban J connectivity index is 1.95. The summed E-state index contributed by atoms with van der Waals surface area (Å²) in [4.78, 5) is 12.9. The predicted molar refractivity (Wildman–Crippen MR) is 87.9 cm³/mol. The summed E-state index contributed by atoms with van der Waals surface area (Å²) >= 11 is 0. The van der Waals surface area contributed by atoms with Crippen molar-refractivity contribution in [3.05, 3.63) is 42.4 Å². The van der Waals surface area contributed by atoms with Crippen molar-refractivity contribution >= 4 is 28.2 Å². The monoisotopic (exact) mass is 295 g/mol. The third kappa shape index (κ3) is 2.76. The SMILES string of the molecule is CNc1cc(C)nc2ccc(Nc3ncc(OC)cn3)cc12. The van der Waals surface area contributed by atoms with Crippen LogP contribution in [-0.4, -0.2) is 29.1 Å². The molecular formula is C16H17N5O. The lowest BCUT2D eigenvalue weighted by Gasteiger charge is -2.10. The van der Waals surface area contributed by atoms with E-state index < -0.39 is 0 Å². The molecule has 3 aromatic rings. The quantitative estimate of drug-likeness (QED) is 0.770. The van der Waals surface area contributed by atoms with E-state index in [0.717, 1.165) is 28.0 Å². The minimum absolute atomic E-state index is 0.520. The van der Waals surface area contributed by atoms with Crippen molar-refractivity contribution < 1.29 is 4.74 Å². The molecule has 0 spiro atoms. The summed E-state index contributed by atoms with van der Waals surface area (Å²) < 4.78 is 5.05. The molecule has 0 saturated heterocycles. The number of rotatable bonds is 4. The van der Waals surface area contributed by atoms with Crippen LogP contribution in [-0.2, 0) is 0 Å². The van der Waals surface area contributed by atoms with E-state index in [-0.39, 0.29) is 0 Å². The van der Waals surface area contributed by atoms with Crippen molar-refractivity contribution in [2.24, 2.45) is 0 Å². The van der Waals surface area contributed by atoms with Gasteiger partial charge in [-0.3, -0.25) is 4.98 Å². The zero-order valence-electron chi connectivity index (χ0n) is 12.7. The molecule has 22 heavy (non-hydrogen) atoms. The average molecular weight is 295 g/mol. The fraction of sp³-hybridized carbons (Fsp3) is 0.188. The van der Waals surface area contributed by atoms with Gasteiger partial charge in [-0.2, -0.15) is 0 Å². The molecule has 3 rings (SSSR count). The number of methoxy groups -OCH3 is 1. The first-order valence-corrected chi connectivity index (χ1v) is 6.92. The van der Waals surface area contributed by atoms with E-state index in [0.29, 0.717) is 11.7 Å². The molecule has 0 atom stereocenters. The molecule has 2 heterocycles. The second-order valence-corrected chi connectivity index (χ2v) is 4.86. The average Bonchev–Trinajstić information content (AvgIpc) is 2.55. The molecule has 0 saturated carbocycles. The van der Waals surface area contributed by atoms with Crippen molar-refractivity contribution in [3.8, 4) is 5.75 Å². The Labute approximate surface area is 128 Å². The number of ether oxygens (including phenoxy) is 1. The van der Waals surface area contributed by atoms with Crippen LogP contribution < -0.4 is 15.4 Å². The van der Waals surface area contributed by atoms with E-state index >= 15 is 0 Å². The maximum atomic E-state index is 5.05. The van der Waals surface area contributed by atoms with Gasteiger partial charge in [0.2, 0.25) is 5.95 Å². The fourth-order valence-corrected chi connectivity index (χ4v) is 2.26. The highest BCUT2D eigenvalue weighted by Gasteiger charge is 2.05. The van der Waals surface area contributed by atoms with E-state index in [2.05, 4.69) is 25.6 Å². The molecular weight excluding hydrogens is 278 g/mol. The van der Waals surface area contributed by atoms with Gasteiger partial charge in [0, 0.05) is 29.5 Å². The van der Waals surface area contributed by atoms with Crippen LogP contribution in [0.3, 0.4) is 0 Å². The number of aromatic nitrogens is 3. The number of pyridine rings is 1. The Hall–Kier alpha value is -2.89. The highest BCUT2D eigenvalue weighted by molar-refractivity contribution is 5.94. The van der Waals surface area contributed by atoms with Crippen molar-refractivity contribution in [1.29, 1.82) is 0 Å². The molecule has 2 aromatic heterocycles. The lowest BCUT2D eigenvalue weighted by atomic mass is 10.1. The number of benzene rings is 1. The zero-order chi connectivity index (χ0) is 15.5. The number of aryl methyl sites for hydroxylation is 1. The highest BCUT2D eigenvalue weighted by Crippen LogP contribution is 2.27. The van der Waals surface area contributed by atoms with Crippen LogP contribution >= 0.6 is 0 Å². The summed E-state index contributed by atoms with van der Waals surface area (Å²) in [7, 11) is 3.49. The number of nitrogens with zero attached hydrogens (tertiary/aromatic N) is 3. The second kappa shape index (κ2) is 5.85. The summed E-state index contributed by atoms with van der Waals surface area (Å²) in [5.41, 5.74) is 3.88. The van der Waals surface area contributed by atoms with E-state index in [9.17, 15) is 0 Å². The van der Waals surface area contributed by atoms with Crippen molar-refractivity contribution in [2.45, 2.75) is 6.92 Å². The van der Waals surface area contributed by atoms with Gasteiger partial charge >= 0.3 is 0 Å². The van der Waals surface area contributed by atoms with Gasteiger partial charge in [0.05, 0.1) is 25.0 Å². The zero-order valence-corrected chi connectivity index (χ0v) is 12.7. The molecule has 0 aliphatic heterocycles. The van der Waals surface area contributed by atoms with Crippen molar-refractivity contribution in [3.63, 3.8) is 0 Å². The standard InChI is InChI=1S/C16H17N5O/c1-10-6-15(17-2)13-7-11(4-5-14(13)20-10)21-16-18-8-12(22-3)9-19-16/h4-9H,1-3H3,(H,17,20)(H,18,19,21). The number of hydrogen-bond acceptors (Lipinski definition) is 6. The van der Waals surface area contributed by atoms with Crippen LogP contribution in [0.1, 0.15) is 5.69 Å². The van der Waals surface area contributed by atoms with Gasteiger partial charge in [-0.15, -0.1) is 0 Å². The van der Waals surface area contributed by atoms with E-state index in [1.165, 1.54) is 0 Å². The number of fused-ring (bicyclic) bond motifs is 1. The van der Waals surface area contributed by atoms with Crippen LogP contribution in [0.25, 0.3) is 10.9 Å². The van der Waals surface area contributed by atoms with Crippen LogP contribution in [0.4, 0.5) is 17.3 Å². The molecule has 0 bridgehead atoms. The third-order valence-electron chi connectivity index (χ3n) is 3.33. The van der Waals surface area contributed by atoms with Crippen molar-refractivity contribution in [2.75, 3.05) is 24.8 Å². The van der Waals surface area contributed by atoms with Crippen molar-refractivity contribution in [1.82, 2.24) is 15.0 Å². The minimum Gasteiger partial charge on any atom is -0.494 e. The van der Waals surface area contributed by atoms with E-state index in [1.54, 1.807) is 19.5 Å². The normalized spacial score (nSPS) is 10.5. The molecule has 6 heteroatoms. The lowest BCUT2D eigenvalue weighted by Crippen LogP contribution is -1.98. The largest absolute Gasteiger partial charge is 0.494 e. The van der Waals surface area contributed by atoms with Gasteiger partial charge in [0.25, 0.3) is 0 Å². The van der Waals surface area contributed by atoms with Crippen LogP contribution in [0, 0.1) is 6.92 Å². The highest BCUT2D eigenvalue weighted by atomic mass is 16.5. The number of hydrogen-bond donors (Lipinski definition) is 2. The molecule has 0 amide bonds. The maximum Gasteiger partial charge on any atom is 0.227 e. The Kier molecular flexibility index (Phi) is 3.74. The summed E-state index contributed by atoms with van der Waals surface area (Å²) in [5.74, 6) is 1.15. The predicted octanol–water partition coefficient (Wildman–Crippen LogP) is 3.13. The van der Waals surface area contributed by atoms with E-state index in [4.69, 9.17) is 4.74 Å². The van der Waals surface area contributed by atoms with Crippen LogP contribution in [0.2, 0.25) is 0 Å². The second-order valence-electron chi connectivity index (χ2n) is 4.86. The molecule has 0 fully saturated rings. The Morgan fingerprint density at radius 1 is 1.09 bits per heavy atom. The summed E-state index contributed by atoms with van der Waals surface area (Å²) in [6.07, 6.45) is 3.25. The van der Waals surface area contributed by atoms with Crippen LogP contribution in [0.5, 0.6) is 5.75 Å². The first-order valence-electron chi connectivity index (χ1n) is 6.92. The molecule has 112 valence electrons. The van der Waals surface area contributed by atoms with E-state index in [1.807, 2.05) is 38.2 Å². The van der Waals surface area contributed by atoms with Gasteiger partial charge in [0.1, 0.15) is 0 Å². The topological polar surface area (TPSA) is 72.0 Å². The molecule has 0 aliphatic carbocycles. The molecule has 6 nitrogen and oxygen atoms in total. The van der Waals surface area contributed by atoms with Gasteiger partial charge in [-0.1, -0.05) is 0 Å². The lowest BCUT2D eigenvalue weighted by molar-refractivity contribution is 0.411. The Bertz CT molecular complexity index is 801. The summed E-state index contributed by atoms with van der Waals surface area (Å²) in [6, 6.07) is 7.99. The first kappa shape index (κ1) is 14.1. The fourth-order valence-electron chi connectivity index (χ4n) is 2.26. The molecule has 0 unspecified atom stereocenters.